The Labute approximate surface area is 267 Å². The van der Waals surface area contributed by atoms with E-state index in [-0.39, 0.29) is 30.4 Å². The van der Waals surface area contributed by atoms with Crippen LogP contribution in [0.15, 0.2) is 78.9 Å². The third kappa shape index (κ3) is 12.4. The molecule has 0 aliphatic carbocycles. The lowest BCUT2D eigenvalue weighted by Crippen LogP contribution is -2.28. The summed E-state index contributed by atoms with van der Waals surface area (Å²) in [6.45, 7) is 2.44. The minimum absolute atomic E-state index is 0.148. The molecule has 236 valence electrons. The molecule has 0 spiro atoms. The first-order valence-electron chi connectivity index (χ1n) is 15.4. The smallest absolute Gasteiger partial charge is 0.343 e. The van der Waals surface area contributed by atoms with Gasteiger partial charge in [-0.2, -0.15) is 0 Å². The number of nitrogens with zero attached hydrogens (tertiary/aromatic N) is 1. The van der Waals surface area contributed by atoms with Gasteiger partial charge < -0.3 is 19.1 Å². The second-order valence-electron chi connectivity index (χ2n) is 10.6. The molecular formula is C38H43NO6. The lowest BCUT2D eigenvalue weighted by molar-refractivity contribution is -0.143. The molecule has 7 heteroatoms. The van der Waals surface area contributed by atoms with Gasteiger partial charge in [-0.3, -0.25) is 4.79 Å². The van der Waals surface area contributed by atoms with Crippen molar-refractivity contribution in [3.05, 3.63) is 107 Å². The molecule has 0 bridgehead atoms. The summed E-state index contributed by atoms with van der Waals surface area (Å²) in [5, 5.41) is 0. The molecule has 3 rings (SSSR count). The number of benzene rings is 3. The summed E-state index contributed by atoms with van der Waals surface area (Å²) in [6.07, 6.45) is 11.7. The van der Waals surface area contributed by atoms with Gasteiger partial charge in [0.25, 0.3) is 0 Å². The fourth-order valence-corrected chi connectivity index (χ4v) is 4.61. The van der Waals surface area contributed by atoms with Gasteiger partial charge in [-0.25, -0.2) is 9.59 Å². The fraction of sp³-hybridized carbons (Fsp3) is 0.342. The predicted octanol–water partition coefficient (Wildman–Crippen LogP) is 7.37. The van der Waals surface area contributed by atoms with Crippen LogP contribution in [0.1, 0.15) is 84.5 Å². The van der Waals surface area contributed by atoms with Crippen LogP contribution in [0.2, 0.25) is 0 Å². The minimum Gasteiger partial charge on any atom is -0.481 e. The molecule has 0 saturated carbocycles. The van der Waals surface area contributed by atoms with Gasteiger partial charge in [0.15, 0.2) is 6.61 Å². The van der Waals surface area contributed by atoms with Crippen LogP contribution >= 0.6 is 0 Å². The normalized spacial score (nSPS) is 10.6. The fourth-order valence-electron chi connectivity index (χ4n) is 4.61. The van der Waals surface area contributed by atoms with E-state index < -0.39 is 11.9 Å². The molecule has 0 aliphatic rings. The van der Waals surface area contributed by atoms with Crippen molar-refractivity contribution in [2.75, 3.05) is 20.8 Å². The highest BCUT2D eigenvalue weighted by atomic mass is 16.6. The van der Waals surface area contributed by atoms with Crippen molar-refractivity contribution in [1.82, 2.24) is 4.90 Å². The summed E-state index contributed by atoms with van der Waals surface area (Å²) < 4.78 is 15.1. The van der Waals surface area contributed by atoms with Crippen LogP contribution in [0.5, 0.6) is 5.75 Å². The van der Waals surface area contributed by atoms with Crippen molar-refractivity contribution >= 4 is 23.9 Å². The summed E-state index contributed by atoms with van der Waals surface area (Å²) in [6, 6.07) is 22.5. The van der Waals surface area contributed by atoms with E-state index in [1.54, 1.807) is 35.3 Å². The van der Waals surface area contributed by atoms with Gasteiger partial charge >= 0.3 is 11.9 Å². The van der Waals surface area contributed by atoms with Crippen molar-refractivity contribution < 1.29 is 28.6 Å². The predicted molar refractivity (Wildman–Crippen MR) is 176 cm³/mol. The lowest BCUT2D eigenvalue weighted by atomic mass is 10.1. The molecule has 0 N–H and O–H groups in total. The van der Waals surface area contributed by atoms with E-state index in [9.17, 15) is 14.4 Å². The van der Waals surface area contributed by atoms with E-state index in [4.69, 9.17) is 9.47 Å². The number of amides is 1. The zero-order valence-corrected chi connectivity index (χ0v) is 26.6. The quantitative estimate of drug-likeness (QED) is 0.0730. The zero-order valence-electron chi connectivity index (χ0n) is 26.6. The topological polar surface area (TPSA) is 82.1 Å². The first kappa shape index (κ1) is 34.7. The lowest BCUT2D eigenvalue weighted by Gasteiger charge is -2.22. The Bertz CT molecular complexity index is 1470. The number of carbonyl (C=O) groups is 3. The van der Waals surface area contributed by atoms with Gasteiger partial charge in [-0.15, -0.1) is 0 Å². The maximum atomic E-state index is 13.5. The van der Waals surface area contributed by atoms with E-state index >= 15 is 0 Å². The van der Waals surface area contributed by atoms with Gasteiger partial charge in [-0.05, 0) is 53.5 Å². The molecule has 0 radical (unpaired) electrons. The Kier molecular flexibility index (Phi) is 15.0. The van der Waals surface area contributed by atoms with Gasteiger partial charge in [0.05, 0.1) is 14.2 Å². The molecule has 0 aliphatic heterocycles. The standard InChI is InChI=1S/C38H43NO6/c1-4-5-6-7-8-9-10-12-17-31-18-20-32(21-19-31)27-39(36(40)25-23-30-15-13-11-14-16-30)28-33-22-24-35(45-29-37(41)43-2)34(26-33)38(42)44-3/h11,13-16,18-26H,4-10,27-29H2,1-3H3. The first-order valence-corrected chi connectivity index (χ1v) is 15.4. The molecule has 45 heavy (non-hydrogen) atoms. The highest BCUT2D eigenvalue weighted by Crippen LogP contribution is 2.23. The number of esters is 2. The summed E-state index contributed by atoms with van der Waals surface area (Å²) in [4.78, 5) is 39.3. The Hall–Kier alpha value is -4.83. The molecule has 0 atom stereocenters. The number of rotatable bonds is 16. The molecule has 0 heterocycles. The minimum atomic E-state index is -0.619. The number of carbonyl (C=O) groups excluding carboxylic acids is 3. The van der Waals surface area contributed by atoms with Crippen LogP contribution in [0, 0.1) is 11.8 Å². The van der Waals surface area contributed by atoms with Gasteiger partial charge in [0.2, 0.25) is 5.91 Å². The second-order valence-corrected chi connectivity index (χ2v) is 10.6. The zero-order chi connectivity index (χ0) is 32.3. The van der Waals surface area contributed by atoms with Gasteiger partial charge in [0.1, 0.15) is 11.3 Å². The average Bonchev–Trinajstić information content (AvgIpc) is 3.08. The number of unbranched alkanes of at least 4 members (excludes halogenated alkanes) is 6. The molecule has 3 aromatic rings. The first-order chi connectivity index (χ1) is 21.9. The third-order valence-corrected chi connectivity index (χ3v) is 7.14. The molecule has 7 nitrogen and oxygen atoms in total. The molecule has 0 fully saturated rings. The van der Waals surface area contributed by atoms with Crippen molar-refractivity contribution in [2.24, 2.45) is 0 Å². The van der Waals surface area contributed by atoms with Crippen LogP contribution in [0.25, 0.3) is 6.08 Å². The van der Waals surface area contributed by atoms with Crippen molar-refractivity contribution in [2.45, 2.75) is 65.0 Å². The Balaban J connectivity index is 1.76. The SMILES string of the molecule is CCCCCCCCC#Cc1ccc(CN(Cc2ccc(OCC(=O)OC)c(C(=O)OC)c2)C(=O)C=Cc2ccccc2)cc1. The van der Waals surface area contributed by atoms with Crippen molar-refractivity contribution in [3.8, 4) is 17.6 Å². The average molecular weight is 610 g/mol. The van der Waals surface area contributed by atoms with E-state index in [0.717, 1.165) is 29.5 Å². The second kappa shape index (κ2) is 19.4. The summed E-state index contributed by atoms with van der Waals surface area (Å²) in [5.41, 5.74) is 3.64. The van der Waals surface area contributed by atoms with Crippen LogP contribution in [-0.2, 0) is 32.2 Å². The number of ether oxygens (including phenoxy) is 3. The van der Waals surface area contributed by atoms with E-state index in [1.165, 1.54) is 46.3 Å². The number of hydrogen-bond donors (Lipinski definition) is 0. The Morgan fingerprint density at radius 3 is 2.20 bits per heavy atom. The summed E-state index contributed by atoms with van der Waals surface area (Å²) in [7, 11) is 2.53. The maximum Gasteiger partial charge on any atom is 0.343 e. The summed E-state index contributed by atoms with van der Waals surface area (Å²) in [5.74, 6) is 5.33. The third-order valence-electron chi connectivity index (χ3n) is 7.14. The van der Waals surface area contributed by atoms with Gasteiger partial charge in [-0.1, -0.05) is 99.4 Å². The van der Waals surface area contributed by atoms with E-state index in [2.05, 4.69) is 23.5 Å². The molecule has 3 aromatic carbocycles. The molecular weight excluding hydrogens is 566 g/mol. The van der Waals surface area contributed by atoms with E-state index in [1.807, 2.05) is 54.6 Å². The largest absolute Gasteiger partial charge is 0.481 e. The maximum absolute atomic E-state index is 13.5. The van der Waals surface area contributed by atoms with Crippen molar-refractivity contribution in [1.29, 1.82) is 0 Å². The summed E-state index contributed by atoms with van der Waals surface area (Å²) >= 11 is 0. The van der Waals surface area contributed by atoms with E-state index in [0.29, 0.717) is 12.1 Å². The number of hydrogen-bond acceptors (Lipinski definition) is 6. The van der Waals surface area contributed by atoms with Gasteiger partial charge in [0, 0.05) is 31.1 Å². The van der Waals surface area contributed by atoms with Crippen LogP contribution in [-0.4, -0.2) is 43.6 Å². The Morgan fingerprint density at radius 2 is 1.49 bits per heavy atom. The van der Waals surface area contributed by atoms with Crippen molar-refractivity contribution in [3.63, 3.8) is 0 Å². The highest BCUT2D eigenvalue weighted by Gasteiger charge is 2.18. The monoisotopic (exact) mass is 609 g/mol. The number of methoxy groups -OCH3 is 2. The van der Waals surface area contributed by atoms with Crippen LogP contribution in [0.4, 0.5) is 0 Å². The molecule has 1 amide bonds. The Morgan fingerprint density at radius 1 is 0.800 bits per heavy atom. The van der Waals surface area contributed by atoms with Crippen LogP contribution in [0.3, 0.4) is 0 Å². The van der Waals surface area contributed by atoms with Crippen LogP contribution < -0.4 is 4.74 Å². The molecule has 0 saturated heterocycles. The molecule has 0 unspecified atom stereocenters. The highest BCUT2D eigenvalue weighted by molar-refractivity contribution is 5.93. The molecule has 0 aromatic heterocycles.